The molecule has 1 aromatic carbocycles. The molecular formula is C14H23NO2. The molecular weight excluding hydrogens is 214 g/mol. The maximum absolute atomic E-state index is 10.1. The maximum atomic E-state index is 10.1. The van der Waals surface area contributed by atoms with E-state index in [4.69, 9.17) is 5.73 Å². The number of rotatable bonds is 6. The molecule has 0 bridgehead atoms. The van der Waals surface area contributed by atoms with Crippen LogP contribution in [-0.2, 0) is 0 Å². The first-order chi connectivity index (χ1) is 8.10. The van der Waals surface area contributed by atoms with Gasteiger partial charge in [-0.1, -0.05) is 32.8 Å². The summed E-state index contributed by atoms with van der Waals surface area (Å²) >= 11 is 0. The number of aromatic hydroxyl groups is 1. The minimum atomic E-state index is -0.533. The molecule has 4 N–H and O–H groups in total. The number of hydrogen-bond donors (Lipinski definition) is 3. The Morgan fingerprint density at radius 3 is 2.53 bits per heavy atom. The molecule has 0 saturated heterocycles. The summed E-state index contributed by atoms with van der Waals surface area (Å²) in [7, 11) is 0. The molecule has 0 aromatic heterocycles. The third kappa shape index (κ3) is 3.72. The molecule has 0 aliphatic rings. The third-order valence-corrected chi connectivity index (χ3v) is 3.10. The average Bonchev–Trinajstić information content (AvgIpc) is 2.34. The van der Waals surface area contributed by atoms with E-state index in [1.54, 1.807) is 12.1 Å². The van der Waals surface area contributed by atoms with E-state index in [2.05, 4.69) is 6.92 Å². The van der Waals surface area contributed by atoms with Gasteiger partial charge in [0.2, 0.25) is 0 Å². The Morgan fingerprint density at radius 1 is 1.24 bits per heavy atom. The van der Waals surface area contributed by atoms with Crippen LogP contribution in [0.25, 0.3) is 0 Å². The summed E-state index contributed by atoms with van der Waals surface area (Å²) in [4.78, 5) is 0. The lowest BCUT2D eigenvalue weighted by Crippen LogP contribution is -2.13. The Balaban J connectivity index is 2.97. The molecule has 2 unspecified atom stereocenters. The van der Waals surface area contributed by atoms with Gasteiger partial charge in [0.25, 0.3) is 0 Å². The first-order valence-corrected chi connectivity index (χ1v) is 6.36. The van der Waals surface area contributed by atoms with Gasteiger partial charge in [-0.15, -0.1) is 0 Å². The van der Waals surface area contributed by atoms with Gasteiger partial charge in [0.15, 0.2) is 0 Å². The fraction of sp³-hybridized carbons (Fsp3) is 0.571. The smallest absolute Gasteiger partial charge is 0.115 e. The van der Waals surface area contributed by atoms with Gasteiger partial charge >= 0.3 is 0 Å². The molecule has 96 valence electrons. The molecule has 3 nitrogen and oxygen atoms in total. The second kappa shape index (κ2) is 6.62. The average molecular weight is 237 g/mol. The zero-order valence-corrected chi connectivity index (χ0v) is 10.7. The Morgan fingerprint density at radius 2 is 1.94 bits per heavy atom. The highest BCUT2D eigenvalue weighted by molar-refractivity contribution is 5.38. The van der Waals surface area contributed by atoms with E-state index in [0.29, 0.717) is 6.42 Å². The zero-order valence-electron chi connectivity index (χ0n) is 10.7. The molecule has 2 atom stereocenters. The van der Waals surface area contributed by atoms with Gasteiger partial charge in [0, 0.05) is 6.04 Å². The monoisotopic (exact) mass is 237 g/mol. The van der Waals surface area contributed by atoms with Crippen LogP contribution in [0, 0.1) is 0 Å². The largest absolute Gasteiger partial charge is 0.508 e. The topological polar surface area (TPSA) is 66.5 Å². The van der Waals surface area contributed by atoms with E-state index in [9.17, 15) is 10.2 Å². The minimum absolute atomic E-state index is 0.0816. The lowest BCUT2D eigenvalue weighted by molar-refractivity contribution is 0.162. The van der Waals surface area contributed by atoms with E-state index in [-0.39, 0.29) is 11.8 Å². The van der Waals surface area contributed by atoms with Crippen LogP contribution in [0.2, 0.25) is 0 Å². The van der Waals surface area contributed by atoms with Gasteiger partial charge in [-0.05, 0) is 36.1 Å². The summed E-state index contributed by atoms with van der Waals surface area (Å²) in [5, 5.41) is 19.6. The van der Waals surface area contributed by atoms with Crippen LogP contribution < -0.4 is 5.73 Å². The summed E-state index contributed by atoms with van der Waals surface area (Å²) in [6.45, 7) is 4.10. The Bertz CT molecular complexity index is 352. The van der Waals surface area contributed by atoms with Crippen LogP contribution in [0.1, 0.15) is 62.8 Å². The molecule has 0 amide bonds. The Labute approximate surface area is 103 Å². The predicted octanol–water partition coefficient (Wildman–Crippen LogP) is 3.03. The van der Waals surface area contributed by atoms with Gasteiger partial charge < -0.3 is 15.9 Å². The molecule has 0 spiro atoms. The molecule has 17 heavy (non-hydrogen) atoms. The van der Waals surface area contributed by atoms with Crippen molar-refractivity contribution in [2.75, 3.05) is 0 Å². The van der Waals surface area contributed by atoms with E-state index >= 15 is 0 Å². The van der Waals surface area contributed by atoms with Crippen molar-refractivity contribution in [2.24, 2.45) is 5.73 Å². The van der Waals surface area contributed by atoms with Crippen molar-refractivity contribution in [1.82, 2.24) is 0 Å². The molecule has 0 fully saturated rings. The first-order valence-electron chi connectivity index (χ1n) is 6.36. The van der Waals surface area contributed by atoms with E-state index in [1.165, 1.54) is 0 Å². The number of phenols is 1. The summed E-state index contributed by atoms with van der Waals surface area (Å²) < 4.78 is 0. The van der Waals surface area contributed by atoms with Crippen molar-refractivity contribution in [2.45, 2.75) is 51.7 Å². The predicted molar refractivity (Wildman–Crippen MR) is 69.8 cm³/mol. The maximum Gasteiger partial charge on any atom is 0.115 e. The number of benzene rings is 1. The number of aliphatic hydroxyl groups excluding tert-OH is 1. The molecule has 3 heteroatoms. The molecule has 1 aromatic rings. The van der Waals surface area contributed by atoms with Crippen molar-refractivity contribution >= 4 is 0 Å². The van der Waals surface area contributed by atoms with Crippen LogP contribution >= 0.6 is 0 Å². The summed E-state index contributed by atoms with van der Waals surface area (Å²) in [6, 6.07) is 4.99. The lowest BCUT2D eigenvalue weighted by Gasteiger charge is -2.19. The molecule has 0 saturated carbocycles. The fourth-order valence-corrected chi connectivity index (χ4v) is 1.96. The number of hydrogen-bond acceptors (Lipinski definition) is 3. The SMILES string of the molecule is CCCCC(O)c1cc(O)ccc1C(N)CC. The Kier molecular flexibility index (Phi) is 5.45. The van der Waals surface area contributed by atoms with Crippen molar-refractivity contribution in [1.29, 1.82) is 0 Å². The summed E-state index contributed by atoms with van der Waals surface area (Å²) in [6.07, 6.45) is 3.01. The summed E-state index contributed by atoms with van der Waals surface area (Å²) in [5.74, 6) is 0.183. The van der Waals surface area contributed by atoms with Gasteiger partial charge in [0.05, 0.1) is 6.10 Å². The van der Waals surface area contributed by atoms with Crippen LogP contribution in [0.15, 0.2) is 18.2 Å². The van der Waals surface area contributed by atoms with E-state index in [0.717, 1.165) is 30.4 Å². The fourth-order valence-electron chi connectivity index (χ4n) is 1.96. The van der Waals surface area contributed by atoms with Crippen LogP contribution in [0.5, 0.6) is 5.75 Å². The van der Waals surface area contributed by atoms with Crippen molar-refractivity contribution < 1.29 is 10.2 Å². The van der Waals surface area contributed by atoms with Crippen molar-refractivity contribution in [3.8, 4) is 5.75 Å². The van der Waals surface area contributed by atoms with E-state index < -0.39 is 6.10 Å². The van der Waals surface area contributed by atoms with Crippen LogP contribution in [0.3, 0.4) is 0 Å². The first kappa shape index (κ1) is 14.0. The van der Waals surface area contributed by atoms with Gasteiger partial charge in [0.1, 0.15) is 5.75 Å². The molecule has 0 aliphatic carbocycles. The molecule has 0 radical (unpaired) electrons. The van der Waals surface area contributed by atoms with Crippen LogP contribution in [-0.4, -0.2) is 10.2 Å². The van der Waals surface area contributed by atoms with Gasteiger partial charge in [-0.25, -0.2) is 0 Å². The highest BCUT2D eigenvalue weighted by Crippen LogP contribution is 2.30. The number of nitrogens with two attached hydrogens (primary N) is 1. The van der Waals surface area contributed by atoms with Crippen molar-refractivity contribution in [3.63, 3.8) is 0 Å². The highest BCUT2D eigenvalue weighted by atomic mass is 16.3. The lowest BCUT2D eigenvalue weighted by atomic mass is 9.93. The third-order valence-electron chi connectivity index (χ3n) is 3.10. The molecule has 1 rings (SSSR count). The molecule has 0 heterocycles. The second-order valence-corrected chi connectivity index (χ2v) is 4.49. The minimum Gasteiger partial charge on any atom is -0.508 e. The normalized spacial score (nSPS) is 14.6. The summed E-state index contributed by atoms with van der Waals surface area (Å²) in [5.41, 5.74) is 7.73. The number of aliphatic hydroxyl groups is 1. The molecule has 0 aliphatic heterocycles. The van der Waals surface area contributed by atoms with E-state index in [1.807, 2.05) is 13.0 Å². The zero-order chi connectivity index (χ0) is 12.8. The standard InChI is InChI=1S/C14H23NO2/c1-3-5-6-14(17)12-9-10(16)7-8-11(12)13(15)4-2/h7-9,13-14,16-17H,3-6,15H2,1-2H3. The van der Waals surface area contributed by atoms with Crippen LogP contribution in [0.4, 0.5) is 0 Å². The Hall–Kier alpha value is -1.06. The quantitative estimate of drug-likeness (QED) is 0.712. The van der Waals surface area contributed by atoms with Gasteiger partial charge in [-0.3, -0.25) is 0 Å². The number of phenolic OH excluding ortho intramolecular Hbond substituents is 1. The van der Waals surface area contributed by atoms with Crippen molar-refractivity contribution in [3.05, 3.63) is 29.3 Å². The van der Waals surface area contributed by atoms with Gasteiger partial charge in [-0.2, -0.15) is 0 Å². The number of unbranched alkanes of at least 4 members (excludes halogenated alkanes) is 1. The second-order valence-electron chi connectivity index (χ2n) is 4.49. The highest BCUT2D eigenvalue weighted by Gasteiger charge is 2.16.